The Morgan fingerprint density at radius 3 is 2.55 bits per heavy atom. The molecule has 0 aliphatic rings. The molecule has 0 unspecified atom stereocenters. The smallest absolute Gasteiger partial charge is 0.262 e. The van der Waals surface area contributed by atoms with E-state index in [2.05, 4.69) is 10.3 Å². The molecule has 0 bridgehead atoms. The lowest BCUT2D eigenvalue weighted by atomic mass is 10.0. The first kappa shape index (κ1) is 22.8. The van der Waals surface area contributed by atoms with Crippen LogP contribution in [-0.2, 0) is 16.1 Å². The third-order valence-electron chi connectivity index (χ3n) is 5.18. The largest absolute Gasteiger partial charge is 0.385 e. The van der Waals surface area contributed by atoms with Gasteiger partial charge in [0, 0.05) is 31.5 Å². The minimum Gasteiger partial charge on any atom is -0.385 e. The molecule has 6 nitrogen and oxygen atoms in total. The summed E-state index contributed by atoms with van der Waals surface area (Å²) >= 11 is 1.26. The number of nitrogens with one attached hydrogen (secondary N) is 1. The van der Waals surface area contributed by atoms with Crippen LogP contribution in [0.2, 0.25) is 0 Å². The average molecular weight is 460 g/mol. The molecule has 0 atom stereocenters. The van der Waals surface area contributed by atoms with Crippen molar-refractivity contribution >= 4 is 34.3 Å². The summed E-state index contributed by atoms with van der Waals surface area (Å²) in [6.45, 7) is 1.02. The van der Waals surface area contributed by atoms with Crippen LogP contribution in [0.3, 0.4) is 0 Å². The number of hydrogen-bond donors (Lipinski definition) is 1. The molecular weight excluding hydrogens is 434 g/mol. The van der Waals surface area contributed by atoms with Crippen LogP contribution in [0.5, 0.6) is 0 Å². The van der Waals surface area contributed by atoms with Gasteiger partial charge in [0.2, 0.25) is 5.91 Å². The van der Waals surface area contributed by atoms with Gasteiger partial charge in [-0.25, -0.2) is 4.98 Å². The monoisotopic (exact) mass is 459 g/mol. The predicted octanol–water partition coefficient (Wildman–Crippen LogP) is 4.83. The standard InChI is InChI=1S/C26H25N3O3S/c1-32-17-9-16-29-25(31)21-13-6-8-15-23(21)28-26(29)33-18-24(30)27-22-14-7-5-12-20(22)19-10-3-2-4-11-19/h2-8,10-15H,9,16-18H2,1H3,(H,27,30). The fourth-order valence-corrected chi connectivity index (χ4v) is 4.43. The third kappa shape index (κ3) is 5.50. The summed E-state index contributed by atoms with van der Waals surface area (Å²) in [5.74, 6) is -0.0210. The minimum absolute atomic E-state index is 0.103. The Labute approximate surface area is 196 Å². The summed E-state index contributed by atoms with van der Waals surface area (Å²) in [5, 5.41) is 4.11. The van der Waals surface area contributed by atoms with Crippen molar-refractivity contribution in [3.8, 4) is 11.1 Å². The van der Waals surface area contributed by atoms with Gasteiger partial charge < -0.3 is 10.1 Å². The van der Waals surface area contributed by atoms with Crippen molar-refractivity contribution in [2.45, 2.75) is 18.1 Å². The quantitative estimate of drug-likeness (QED) is 0.220. The fourth-order valence-electron chi connectivity index (χ4n) is 3.60. The second-order valence-electron chi connectivity index (χ2n) is 7.46. The Bertz CT molecular complexity index is 1310. The molecule has 1 heterocycles. The number of rotatable bonds is 9. The lowest BCUT2D eigenvalue weighted by molar-refractivity contribution is -0.113. The normalized spacial score (nSPS) is 10.9. The number of aromatic nitrogens is 2. The second kappa shape index (κ2) is 10.9. The molecule has 0 saturated heterocycles. The molecule has 0 fully saturated rings. The number of nitrogens with zero attached hydrogens (tertiary/aromatic N) is 2. The van der Waals surface area contributed by atoms with E-state index in [4.69, 9.17) is 4.74 Å². The van der Waals surface area contributed by atoms with Crippen LogP contribution in [0.4, 0.5) is 5.69 Å². The van der Waals surface area contributed by atoms with Crippen molar-refractivity contribution in [1.29, 1.82) is 0 Å². The molecule has 1 amide bonds. The summed E-state index contributed by atoms with van der Waals surface area (Å²) in [5.41, 5.74) is 3.26. The van der Waals surface area contributed by atoms with E-state index < -0.39 is 0 Å². The maximum absolute atomic E-state index is 13.0. The lowest BCUT2D eigenvalue weighted by Gasteiger charge is -2.14. The van der Waals surface area contributed by atoms with E-state index in [-0.39, 0.29) is 17.2 Å². The van der Waals surface area contributed by atoms with E-state index in [9.17, 15) is 9.59 Å². The van der Waals surface area contributed by atoms with E-state index >= 15 is 0 Å². The number of carbonyl (C=O) groups is 1. The molecule has 3 aromatic carbocycles. The first-order valence-electron chi connectivity index (χ1n) is 10.7. The zero-order valence-electron chi connectivity index (χ0n) is 18.4. The Morgan fingerprint density at radius 2 is 1.73 bits per heavy atom. The Kier molecular flexibility index (Phi) is 7.55. The summed E-state index contributed by atoms with van der Waals surface area (Å²) in [6.07, 6.45) is 0.681. The van der Waals surface area contributed by atoms with E-state index in [1.165, 1.54) is 11.8 Å². The van der Waals surface area contributed by atoms with Crippen LogP contribution in [0, 0.1) is 0 Å². The summed E-state index contributed by atoms with van der Waals surface area (Å²) in [4.78, 5) is 30.5. The first-order chi connectivity index (χ1) is 16.2. The summed E-state index contributed by atoms with van der Waals surface area (Å²) in [6, 6.07) is 24.9. The van der Waals surface area contributed by atoms with Crippen LogP contribution in [0.15, 0.2) is 88.8 Å². The van der Waals surface area contributed by atoms with Crippen molar-refractivity contribution in [1.82, 2.24) is 9.55 Å². The van der Waals surface area contributed by atoms with E-state index in [1.54, 1.807) is 17.7 Å². The van der Waals surface area contributed by atoms with Gasteiger partial charge in [0.05, 0.1) is 16.7 Å². The molecule has 1 N–H and O–H groups in total. The Hall–Kier alpha value is -3.42. The van der Waals surface area contributed by atoms with Crippen molar-refractivity contribution < 1.29 is 9.53 Å². The van der Waals surface area contributed by atoms with E-state index in [0.717, 1.165) is 16.8 Å². The number of methoxy groups -OCH3 is 1. The third-order valence-corrected chi connectivity index (χ3v) is 6.15. The van der Waals surface area contributed by atoms with Crippen LogP contribution in [0.25, 0.3) is 22.0 Å². The number of thioether (sulfide) groups is 1. The number of anilines is 1. The first-order valence-corrected chi connectivity index (χ1v) is 11.7. The number of ether oxygens (including phenoxy) is 1. The molecule has 0 saturated carbocycles. The number of amides is 1. The molecule has 0 spiro atoms. The molecule has 1 aromatic heterocycles. The Balaban J connectivity index is 1.54. The molecule has 4 rings (SSSR count). The maximum Gasteiger partial charge on any atom is 0.262 e. The zero-order chi connectivity index (χ0) is 23.0. The highest BCUT2D eigenvalue weighted by atomic mass is 32.2. The van der Waals surface area contributed by atoms with Crippen LogP contribution >= 0.6 is 11.8 Å². The molecule has 7 heteroatoms. The van der Waals surface area contributed by atoms with E-state index in [1.807, 2.05) is 72.8 Å². The molecule has 168 valence electrons. The molecule has 0 aliphatic heterocycles. The van der Waals surface area contributed by atoms with E-state index in [0.29, 0.717) is 35.6 Å². The minimum atomic E-state index is -0.158. The van der Waals surface area contributed by atoms with Gasteiger partial charge in [0.25, 0.3) is 5.56 Å². The van der Waals surface area contributed by atoms with Crippen molar-refractivity contribution in [2.24, 2.45) is 0 Å². The number of hydrogen-bond acceptors (Lipinski definition) is 5. The number of fused-ring (bicyclic) bond motifs is 1. The number of carbonyl (C=O) groups excluding carboxylic acids is 1. The average Bonchev–Trinajstić information content (AvgIpc) is 2.85. The molecule has 0 aliphatic carbocycles. The SMILES string of the molecule is COCCCn1c(SCC(=O)Nc2ccccc2-c2ccccc2)nc2ccccc2c1=O. The van der Waals surface area contributed by atoms with Gasteiger partial charge in [-0.1, -0.05) is 72.4 Å². The molecule has 4 aromatic rings. The predicted molar refractivity (Wildman–Crippen MR) is 134 cm³/mol. The number of benzene rings is 3. The topological polar surface area (TPSA) is 73.2 Å². The lowest BCUT2D eigenvalue weighted by Crippen LogP contribution is -2.25. The second-order valence-corrected chi connectivity index (χ2v) is 8.41. The molecule has 33 heavy (non-hydrogen) atoms. The van der Waals surface area contributed by atoms with Gasteiger partial charge in [0.1, 0.15) is 0 Å². The van der Waals surface area contributed by atoms with Crippen molar-refractivity contribution in [3.63, 3.8) is 0 Å². The van der Waals surface area contributed by atoms with Gasteiger partial charge in [0.15, 0.2) is 5.16 Å². The zero-order valence-corrected chi connectivity index (χ0v) is 19.2. The summed E-state index contributed by atoms with van der Waals surface area (Å²) in [7, 11) is 1.63. The number of para-hydroxylation sites is 2. The van der Waals surface area contributed by atoms with Gasteiger partial charge in [-0.15, -0.1) is 0 Å². The molecule has 0 radical (unpaired) electrons. The van der Waals surface area contributed by atoms with Crippen LogP contribution in [-0.4, -0.2) is 34.9 Å². The van der Waals surface area contributed by atoms with Gasteiger partial charge in [-0.3, -0.25) is 14.2 Å². The van der Waals surface area contributed by atoms with Gasteiger partial charge >= 0.3 is 0 Å². The highest BCUT2D eigenvalue weighted by Gasteiger charge is 2.14. The molecular formula is C26H25N3O3S. The van der Waals surface area contributed by atoms with Crippen LogP contribution < -0.4 is 10.9 Å². The highest BCUT2D eigenvalue weighted by molar-refractivity contribution is 7.99. The van der Waals surface area contributed by atoms with Gasteiger partial charge in [-0.05, 0) is 30.2 Å². The summed E-state index contributed by atoms with van der Waals surface area (Å²) < 4.78 is 6.77. The fraction of sp³-hybridized carbons (Fsp3) is 0.192. The highest BCUT2D eigenvalue weighted by Crippen LogP contribution is 2.28. The van der Waals surface area contributed by atoms with Gasteiger partial charge in [-0.2, -0.15) is 0 Å². The Morgan fingerprint density at radius 1 is 1.00 bits per heavy atom. The van der Waals surface area contributed by atoms with Crippen LogP contribution in [0.1, 0.15) is 6.42 Å². The maximum atomic E-state index is 13.0. The van der Waals surface area contributed by atoms with Crippen molar-refractivity contribution in [3.05, 3.63) is 89.2 Å². The van der Waals surface area contributed by atoms with Crippen molar-refractivity contribution in [2.75, 3.05) is 24.8 Å².